The van der Waals surface area contributed by atoms with E-state index in [1.165, 1.54) is 0 Å². The summed E-state index contributed by atoms with van der Waals surface area (Å²) < 4.78 is 5.83. The van der Waals surface area contributed by atoms with Gasteiger partial charge in [0.25, 0.3) is 0 Å². The van der Waals surface area contributed by atoms with Gasteiger partial charge in [-0.25, -0.2) is 0 Å². The number of unbranched alkanes of at least 4 members (excludes halogenated alkanes) is 1. The minimum atomic E-state index is -0.178. The first-order valence-electron chi connectivity index (χ1n) is 8.52. The molecule has 0 radical (unpaired) electrons. The van der Waals surface area contributed by atoms with Gasteiger partial charge in [0.2, 0.25) is 5.91 Å². The summed E-state index contributed by atoms with van der Waals surface area (Å²) in [5.74, 6) is 1.07. The van der Waals surface area contributed by atoms with Crippen LogP contribution < -0.4 is 15.0 Å². The van der Waals surface area contributed by atoms with Crippen molar-refractivity contribution in [1.29, 1.82) is 0 Å². The monoisotopic (exact) mass is 324 g/mol. The zero-order valence-corrected chi connectivity index (χ0v) is 14.3. The summed E-state index contributed by atoms with van der Waals surface area (Å²) in [6.45, 7) is 5.35. The van der Waals surface area contributed by atoms with Crippen LogP contribution in [0, 0.1) is 6.92 Å². The second-order valence-corrected chi connectivity index (χ2v) is 6.19. The molecule has 0 saturated heterocycles. The number of carbonyl (C=O) groups excluding carboxylic acids is 1. The van der Waals surface area contributed by atoms with Crippen LogP contribution in [-0.4, -0.2) is 25.1 Å². The van der Waals surface area contributed by atoms with Crippen LogP contribution in [0.1, 0.15) is 25.3 Å². The van der Waals surface area contributed by atoms with Crippen LogP contribution >= 0.6 is 0 Å². The standard InChI is InChI=1S/C20H24N2O2/c1-15-9-3-6-12-19(15)24-14-8-7-13-22-18-11-5-4-10-17(18)21-16(2)20(22)23/h3-6,9-12,16,21H,7-8,13-14H2,1-2H3. The van der Waals surface area contributed by atoms with Gasteiger partial charge in [-0.2, -0.15) is 0 Å². The van der Waals surface area contributed by atoms with Crippen molar-refractivity contribution < 1.29 is 9.53 Å². The number of nitrogens with one attached hydrogen (secondary N) is 1. The summed E-state index contributed by atoms with van der Waals surface area (Å²) in [5.41, 5.74) is 3.15. The number of anilines is 2. The Morgan fingerprint density at radius 3 is 2.67 bits per heavy atom. The topological polar surface area (TPSA) is 41.6 Å². The molecular weight excluding hydrogens is 300 g/mol. The lowest BCUT2D eigenvalue weighted by molar-refractivity contribution is -0.119. The number of fused-ring (bicyclic) bond motifs is 1. The van der Waals surface area contributed by atoms with Crippen molar-refractivity contribution in [1.82, 2.24) is 0 Å². The van der Waals surface area contributed by atoms with Crippen molar-refractivity contribution in [3.8, 4) is 5.75 Å². The summed E-state index contributed by atoms with van der Waals surface area (Å²) in [5, 5.41) is 3.25. The van der Waals surface area contributed by atoms with Crippen LogP contribution in [0.4, 0.5) is 11.4 Å². The summed E-state index contributed by atoms with van der Waals surface area (Å²) in [6.07, 6.45) is 1.83. The summed E-state index contributed by atoms with van der Waals surface area (Å²) in [6, 6.07) is 15.8. The van der Waals surface area contributed by atoms with Gasteiger partial charge in [0, 0.05) is 6.54 Å². The second-order valence-electron chi connectivity index (χ2n) is 6.19. The molecule has 0 aromatic heterocycles. The number of amides is 1. The predicted molar refractivity (Wildman–Crippen MR) is 97.8 cm³/mol. The highest BCUT2D eigenvalue weighted by Gasteiger charge is 2.28. The molecule has 2 aromatic carbocycles. The number of carbonyl (C=O) groups is 1. The van der Waals surface area contributed by atoms with Crippen molar-refractivity contribution in [2.75, 3.05) is 23.4 Å². The van der Waals surface area contributed by atoms with Gasteiger partial charge >= 0.3 is 0 Å². The molecule has 1 amide bonds. The Bertz CT molecular complexity index is 714. The maximum absolute atomic E-state index is 12.5. The number of hydrogen-bond donors (Lipinski definition) is 1. The Morgan fingerprint density at radius 1 is 1.08 bits per heavy atom. The minimum absolute atomic E-state index is 0.133. The lowest BCUT2D eigenvalue weighted by atomic mass is 10.1. The van der Waals surface area contributed by atoms with Crippen LogP contribution in [0.2, 0.25) is 0 Å². The average Bonchev–Trinajstić information content (AvgIpc) is 2.59. The number of hydrogen-bond acceptors (Lipinski definition) is 3. The molecular formula is C20H24N2O2. The SMILES string of the molecule is Cc1ccccc1OCCCCN1C(=O)C(C)Nc2ccccc21. The number of nitrogens with zero attached hydrogens (tertiary/aromatic N) is 1. The molecule has 1 aliphatic rings. The Morgan fingerprint density at radius 2 is 1.83 bits per heavy atom. The number of ether oxygens (including phenoxy) is 1. The van der Waals surface area contributed by atoms with E-state index < -0.39 is 0 Å². The van der Waals surface area contributed by atoms with E-state index in [-0.39, 0.29) is 11.9 Å². The smallest absolute Gasteiger partial charge is 0.249 e. The van der Waals surface area contributed by atoms with E-state index in [4.69, 9.17) is 4.74 Å². The van der Waals surface area contributed by atoms with Gasteiger partial charge in [-0.15, -0.1) is 0 Å². The normalized spacial score (nSPS) is 16.5. The molecule has 1 atom stereocenters. The first-order chi connectivity index (χ1) is 11.7. The molecule has 0 aliphatic carbocycles. The summed E-state index contributed by atoms with van der Waals surface area (Å²) in [7, 11) is 0. The Balaban J connectivity index is 1.53. The maximum Gasteiger partial charge on any atom is 0.249 e. The molecule has 4 heteroatoms. The van der Waals surface area contributed by atoms with E-state index in [0.29, 0.717) is 6.61 Å². The average molecular weight is 324 g/mol. The van der Waals surface area contributed by atoms with E-state index >= 15 is 0 Å². The molecule has 1 N–H and O–H groups in total. The quantitative estimate of drug-likeness (QED) is 0.817. The lowest BCUT2D eigenvalue weighted by Crippen LogP contribution is -2.46. The molecule has 1 unspecified atom stereocenters. The Labute approximate surface area is 143 Å². The zero-order valence-electron chi connectivity index (χ0n) is 14.3. The van der Waals surface area contributed by atoms with Crippen LogP contribution in [0.15, 0.2) is 48.5 Å². The fourth-order valence-corrected chi connectivity index (χ4v) is 2.98. The maximum atomic E-state index is 12.5. The molecule has 0 bridgehead atoms. The van der Waals surface area contributed by atoms with Crippen molar-refractivity contribution >= 4 is 17.3 Å². The molecule has 3 rings (SSSR count). The third-order valence-corrected chi connectivity index (χ3v) is 4.33. The van der Waals surface area contributed by atoms with Crippen molar-refractivity contribution in [3.63, 3.8) is 0 Å². The van der Waals surface area contributed by atoms with Crippen LogP contribution in [0.3, 0.4) is 0 Å². The molecule has 1 aliphatic heterocycles. The predicted octanol–water partition coefficient (Wildman–Crippen LogP) is 4.00. The molecule has 1 heterocycles. The first kappa shape index (κ1) is 16.4. The summed E-state index contributed by atoms with van der Waals surface area (Å²) >= 11 is 0. The van der Waals surface area contributed by atoms with Crippen molar-refractivity contribution in [2.24, 2.45) is 0 Å². The van der Waals surface area contributed by atoms with Crippen molar-refractivity contribution in [3.05, 3.63) is 54.1 Å². The molecule has 2 aromatic rings. The van der Waals surface area contributed by atoms with Gasteiger partial charge in [-0.3, -0.25) is 4.79 Å². The summed E-state index contributed by atoms with van der Waals surface area (Å²) in [4.78, 5) is 14.3. The molecule has 24 heavy (non-hydrogen) atoms. The van der Waals surface area contributed by atoms with Crippen LogP contribution in [-0.2, 0) is 4.79 Å². The van der Waals surface area contributed by atoms with Gasteiger partial charge in [0.1, 0.15) is 11.8 Å². The Hall–Kier alpha value is -2.49. The van der Waals surface area contributed by atoms with Gasteiger partial charge in [0.05, 0.1) is 18.0 Å². The van der Waals surface area contributed by atoms with Crippen LogP contribution in [0.5, 0.6) is 5.75 Å². The number of rotatable bonds is 6. The van der Waals surface area contributed by atoms with Crippen LogP contribution in [0.25, 0.3) is 0 Å². The van der Waals surface area contributed by atoms with E-state index in [1.54, 1.807) is 0 Å². The van der Waals surface area contributed by atoms with Gasteiger partial charge < -0.3 is 15.0 Å². The zero-order chi connectivity index (χ0) is 16.9. The van der Waals surface area contributed by atoms with Crippen molar-refractivity contribution in [2.45, 2.75) is 32.7 Å². The van der Waals surface area contributed by atoms with E-state index in [0.717, 1.165) is 42.1 Å². The number of aryl methyl sites for hydroxylation is 1. The molecule has 0 spiro atoms. The third kappa shape index (κ3) is 3.53. The van der Waals surface area contributed by atoms with Gasteiger partial charge in [-0.1, -0.05) is 30.3 Å². The van der Waals surface area contributed by atoms with E-state index in [2.05, 4.69) is 5.32 Å². The van der Waals surface area contributed by atoms with E-state index in [1.807, 2.05) is 67.3 Å². The largest absolute Gasteiger partial charge is 0.493 e. The molecule has 126 valence electrons. The highest BCUT2D eigenvalue weighted by atomic mass is 16.5. The first-order valence-corrected chi connectivity index (χ1v) is 8.52. The highest BCUT2D eigenvalue weighted by Crippen LogP contribution is 2.31. The number of benzene rings is 2. The van der Waals surface area contributed by atoms with Gasteiger partial charge in [-0.05, 0) is 50.5 Å². The molecule has 0 fully saturated rings. The molecule has 0 saturated carbocycles. The van der Waals surface area contributed by atoms with E-state index in [9.17, 15) is 4.79 Å². The fourth-order valence-electron chi connectivity index (χ4n) is 2.98. The second kappa shape index (κ2) is 7.39. The Kier molecular flexibility index (Phi) is 5.04. The molecule has 4 nitrogen and oxygen atoms in total. The minimum Gasteiger partial charge on any atom is -0.493 e. The number of para-hydroxylation sites is 3. The lowest BCUT2D eigenvalue weighted by Gasteiger charge is -2.34. The fraction of sp³-hybridized carbons (Fsp3) is 0.350. The highest BCUT2D eigenvalue weighted by molar-refractivity contribution is 6.04. The third-order valence-electron chi connectivity index (χ3n) is 4.33. The van der Waals surface area contributed by atoms with Gasteiger partial charge in [0.15, 0.2) is 0 Å².